The van der Waals surface area contributed by atoms with Gasteiger partial charge in [-0.05, 0) is 42.7 Å². The first kappa shape index (κ1) is 15.1. The molecule has 0 radical (unpaired) electrons. The van der Waals surface area contributed by atoms with Gasteiger partial charge in [-0.1, -0.05) is 35.8 Å². The van der Waals surface area contributed by atoms with E-state index in [0.717, 1.165) is 47.1 Å². The number of hydrogen-bond acceptors (Lipinski definition) is 3. The molecule has 122 valence electrons. The summed E-state index contributed by atoms with van der Waals surface area (Å²) in [7, 11) is 0. The van der Waals surface area contributed by atoms with Gasteiger partial charge >= 0.3 is 0 Å². The second-order valence-electron chi connectivity index (χ2n) is 6.13. The quantitative estimate of drug-likeness (QED) is 0.735. The molecular formula is C19H18N2O2S. The van der Waals surface area contributed by atoms with Crippen molar-refractivity contribution < 1.29 is 4.79 Å². The molecule has 0 aliphatic carbocycles. The summed E-state index contributed by atoms with van der Waals surface area (Å²) in [4.78, 5) is 26.7. The Hall–Kier alpha value is -2.40. The molecule has 0 N–H and O–H groups in total. The van der Waals surface area contributed by atoms with Crippen LogP contribution < -0.4 is 5.56 Å². The highest BCUT2D eigenvalue weighted by atomic mass is 32.1. The van der Waals surface area contributed by atoms with Gasteiger partial charge in [0, 0.05) is 18.7 Å². The van der Waals surface area contributed by atoms with Crippen LogP contribution in [0.3, 0.4) is 0 Å². The Balaban J connectivity index is 1.55. The number of fused-ring (bicyclic) bond motifs is 1. The Morgan fingerprint density at radius 3 is 2.42 bits per heavy atom. The van der Waals surface area contributed by atoms with Gasteiger partial charge in [0.1, 0.15) is 0 Å². The Morgan fingerprint density at radius 2 is 1.71 bits per heavy atom. The molecule has 24 heavy (non-hydrogen) atoms. The summed E-state index contributed by atoms with van der Waals surface area (Å²) in [6, 6.07) is 15.3. The zero-order valence-electron chi connectivity index (χ0n) is 13.3. The molecular weight excluding hydrogens is 320 g/mol. The molecule has 1 aliphatic heterocycles. The Morgan fingerprint density at radius 1 is 1.00 bits per heavy atom. The summed E-state index contributed by atoms with van der Waals surface area (Å²) in [6.07, 6.45) is 2.19. The van der Waals surface area contributed by atoms with Crippen molar-refractivity contribution in [3.63, 3.8) is 0 Å². The van der Waals surface area contributed by atoms with E-state index < -0.39 is 0 Å². The van der Waals surface area contributed by atoms with Crippen molar-refractivity contribution in [1.82, 2.24) is 8.86 Å². The number of aromatic nitrogens is 1. The molecule has 1 aromatic heterocycles. The lowest BCUT2D eigenvalue weighted by atomic mass is 10.1. The highest BCUT2D eigenvalue weighted by Gasteiger charge is 2.19. The van der Waals surface area contributed by atoms with Crippen molar-refractivity contribution in [2.45, 2.75) is 19.4 Å². The second kappa shape index (κ2) is 6.24. The molecule has 2 aromatic carbocycles. The van der Waals surface area contributed by atoms with Gasteiger partial charge in [0.15, 0.2) is 0 Å². The van der Waals surface area contributed by atoms with Crippen LogP contribution in [0.1, 0.15) is 28.8 Å². The molecule has 1 aliphatic rings. The maximum Gasteiger partial charge on any atom is 0.268 e. The van der Waals surface area contributed by atoms with Crippen LogP contribution >= 0.6 is 11.5 Å². The van der Waals surface area contributed by atoms with Crippen LogP contribution in [-0.2, 0) is 6.54 Å². The molecule has 4 nitrogen and oxygen atoms in total. The normalized spacial score (nSPS) is 14.4. The predicted octanol–water partition coefficient (Wildman–Crippen LogP) is 3.35. The van der Waals surface area contributed by atoms with Crippen molar-refractivity contribution in [3.8, 4) is 0 Å². The van der Waals surface area contributed by atoms with Crippen LogP contribution in [0.15, 0.2) is 53.3 Å². The van der Waals surface area contributed by atoms with Gasteiger partial charge in [-0.15, -0.1) is 0 Å². The fourth-order valence-electron chi connectivity index (χ4n) is 3.14. The maximum atomic E-state index is 12.4. The van der Waals surface area contributed by atoms with E-state index in [9.17, 15) is 9.59 Å². The number of benzene rings is 2. The SMILES string of the molecule is O=C(c1ccc(Cn2sc3ccccc3c2=O)cc1)N1CCCC1. The summed E-state index contributed by atoms with van der Waals surface area (Å²) >= 11 is 1.48. The summed E-state index contributed by atoms with van der Waals surface area (Å²) < 4.78 is 2.77. The number of amides is 1. The molecule has 1 fully saturated rings. The van der Waals surface area contributed by atoms with Crippen LogP contribution in [0.4, 0.5) is 0 Å². The van der Waals surface area contributed by atoms with Crippen molar-refractivity contribution in [3.05, 3.63) is 70.0 Å². The van der Waals surface area contributed by atoms with Gasteiger partial charge in [0.2, 0.25) is 0 Å². The third-order valence-electron chi connectivity index (χ3n) is 4.47. The van der Waals surface area contributed by atoms with Gasteiger partial charge in [-0.25, -0.2) is 0 Å². The van der Waals surface area contributed by atoms with Crippen LogP contribution in [0, 0.1) is 0 Å². The van der Waals surface area contributed by atoms with E-state index in [-0.39, 0.29) is 11.5 Å². The van der Waals surface area contributed by atoms with Crippen molar-refractivity contribution in [1.29, 1.82) is 0 Å². The molecule has 3 aromatic rings. The molecule has 2 heterocycles. The molecule has 1 saturated heterocycles. The minimum atomic E-state index is 0.0489. The first-order chi connectivity index (χ1) is 11.7. The van der Waals surface area contributed by atoms with Crippen LogP contribution in [0.2, 0.25) is 0 Å². The molecule has 0 unspecified atom stereocenters. The Kier molecular flexibility index (Phi) is 3.94. The van der Waals surface area contributed by atoms with E-state index in [2.05, 4.69) is 0 Å². The third-order valence-corrected chi connectivity index (χ3v) is 5.54. The molecule has 0 spiro atoms. The van der Waals surface area contributed by atoms with Crippen molar-refractivity contribution in [2.24, 2.45) is 0 Å². The lowest BCUT2D eigenvalue weighted by Crippen LogP contribution is -2.27. The maximum absolute atomic E-state index is 12.4. The number of hydrogen-bond donors (Lipinski definition) is 0. The number of rotatable bonds is 3. The lowest BCUT2D eigenvalue weighted by Gasteiger charge is -2.15. The number of nitrogens with zero attached hydrogens (tertiary/aromatic N) is 2. The van der Waals surface area contributed by atoms with Crippen molar-refractivity contribution in [2.75, 3.05) is 13.1 Å². The largest absolute Gasteiger partial charge is 0.339 e. The summed E-state index contributed by atoms with van der Waals surface area (Å²) in [5.41, 5.74) is 1.80. The predicted molar refractivity (Wildman–Crippen MR) is 96.8 cm³/mol. The third kappa shape index (κ3) is 2.76. The van der Waals surface area contributed by atoms with Gasteiger partial charge in [-0.3, -0.25) is 13.5 Å². The molecule has 1 amide bonds. The van der Waals surface area contributed by atoms with Crippen LogP contribution in [0.5, 0.6) is 0 Å². The summed E-state index contributed by atoms with van der Waals surface area (Å²) in [6.45, 7) is 2.26. The van der Waals surface area contributed by atoms with E-state index in [0.29, 0.717) is 6.54 Å². The van der Waals surface area contributed by atoms with Gasteiger partial charge in [0.05, 0.1) is 16.6 Å². The topological polar surface area (TPSA) is 42.3 Å². The van der Waals surface area contributed by atoms with Gasteiger partial charge < -0.3 is 4.90 Å². The minimum absolute atomic E-state index is 0.0489. The monoisotopic (exact) mass is 338 g/mol. The molecule has 5 heteroatoms. The van der Waals surface area contributed by atoms with E-state index in [1.807, 2.05) is 53.4 Å². The van der Waals surface area contributed by atoms with Crippen LogP contribution in [-0.4, -0.2) is 27.9 Å². The summed E-state index contributed by atoms with van der Waals surface area (Å²) in [5, 5.41) is 0.767. The number of carbonyl (C=O) groups is 1. The van der Waals surface area contributed by atoms with E-state index >= 15 is 0 Å². The highest BCUT2D eigenvalue weighted by molar-refractivity contribution is 7.13. The summed E-state index contributed by atoms with van der Waals surface area (Å²) in [5.74, 6) is 0.109. The van der Waals surface area contributed by atoms with Gasteiger partial charge in [-0.2, -0.15) is 0 Å². The molecule has 0 bridgehead atoms. The van der Waals surface area contributed by atoms with Crippen molar-refractivity contribution >= 4 is 27.5 Å². The standard InChI is InChI=1S/C19H18N2O2S/c22-18(20-11-3-4-12-20)15-9-7-14(8-10-15)13-21-19(23)16-5-1-2-6-17(16)24-21/h1-2,5-10H,3-4,11-13H2. The lowest BCUT2D eigenvalue weighted by molar-refractivity contribution is 0.0793. The molecule has 0 saturated carbocycles. The second-order valence-corrected chi connectivity index (χ2v) is 7.19. The minimum Gasteiger partial charge on any atom is -0.339 e. The zero-order chi connectivity index (χ0) is 16.5. The van der Waals surface area contributed by atoms with Gasteiger partial charge in [0.25, 0.3) is 11.5 Å². The van der Waals surface area contributed by atoms with E-state index in [1.165, 1.54) is 11.5 Å². The molecule has 4 rings (SSSR count). The zero-order valence-corrected chi connectivity index (χ0v) is 14.1. The number of carbonyl (C=O) groups excluding carboxylic acids is 1. The first-order valence-electron chi connectivity index (χ1n) is 8.19. The fourth-order valence-corrected chi connectivity index (χ4v) is 4.17. The average Bonchev–Trinajstić information content (AvgIpc) is 3.25. The van der Waals surface area contributed by atoms with E-state index in [1.54, 1.807) is 3.96 Å². The number of likely N-dealkylation sites (tertiary alicyclic amines) is 1. The van der Waals surface area contributed by atoms with E-state index in [4.69, 9.17) is 0 Å². The fraction of sp³-hybridized carbons (Fsp3) is 0.263. The molecule has 0 atom stereocenters. The Labute approximate surface area is 144 Å². The highest BCUT2D eigenvalue weighted by Crippen LogP contribution is 2.18. The Bertz CT molecular complexity index is 934. The van der Waals surface area contributed by atoms with Crippen LogP contribution in [0.25, 0.3) is 10.1 Å². The smallest absolute Gasteiger partial charge is 0.268 e. The first-order valence-corrected chi connectivity index (χ1v) is 8.97. The average molecular weight is 338 g/mol.